The van der Waals surface area contributed by atoms with Crippen molar-refractivity contribution in [2.24, 2.45) is 0 Å². The maximum Gasteiger partial charge on any atom is 0.254 e. The second kappa shape index (κ2) is 5.06. The van der Waals surface area contributed by atoms with Crippen LogP contribution in [0, 0.1) is 12.7 Å². The monoisotopic (exact) mass is 251 g/mol. The zero-order chi connectivity index (χ0) is 13.3. The molecule has 0 saturated carbocycles. The lowest BCUT2D eigenvalue weighted by atomic mass is 10.0. The van der Waals surface area contributed by atoms with E-state index in [-0.39, 0.29) is 23.9 Å². The van der Waals surface area contributed by atoms with E-state index in [1.807, 2.05) is 6.92 Å². The van der Waals surface area contributed by atoms with Crippen molar-refractivity contribution in [3.05, 3.63) is 35.1 Å². The lowest BCUT2D eigenvalue weighted by molar-refractivity contribution is 0.0574. The molecule has 1 amide bonds. The fraction of sp³-hybridized carbons (Fsp3) is 0.500. The van der Waals surface area contributed by atoms with E-state index in [0.717, 1.165) is 6.42 Å². The van der Waals surface area contributed by atoms with Crippen LogP contribution in [0.25, 0.3) is 0 Å². The highest BCUT2D eigenvalue weighted by molar-refractivity contribution is 5.95. The smallest absolute Gasteiger partial charge is 0.254 e. The first-order valence-corrected chi connectivity index (χ1v) is 6.15. The van der Waals surface area contributed by atoms with E-state index in [0.29, 0.717) is 17.7 Å². The molecule has 0 radical (unpaired) electrons. The molecule has 4 heteroatoms. The van der Waals surface area contributed by atoms with Crippen molar-refractivity contribution < 1.29 is 13.9 Å². The van der Waals surface area contributed by atoms with Crippen molar-refractivity contribution in [3.8, 4) is 0 Å². The van der Waals surface area contributed by atoms with E-state index >= 15 is 0 Å². The van der Waals surface area contributed by atoms with Gasteiger partial charge in [-0.1, -0.05) is 0 Å². The Morgan fingerprint density at radius 3 is 2.78 bits per heavy atom. The summed E-state index contributed by atoms with van der Waals surface area (Å²) < 4.78 is 18.5. The molecule has 98 valence electrons. The fourth-order valence-electron chi connectivity index (χ4n) is 2.44. The minimum Gasteiger partial charge on any atom is -0.376 e. The number of ether oxygens (including phenoxy) is 1. The summed E-state index contributed by atoms with van der Waals surface area (Å²) in [5.41, 5.74) is 1.22. The quantitative estimate of drug-likeness (QED) is 0.807. The highest BCUT2D eigenvalue weighted by Crippen LogP contribution is 2.21. The van der Waals surface area contributed by atoms with Crippen LogP contribution in [0.5, 0.6) is 0 Å². The first-order valence-electron chi connectivity index (χ1n) is 6.15. The molecule has 0 aromatic heterocycles. The van der Waals surface area contributed by atoms with Crippen molar-refractivity contribution in [1.29, 1.82) is 0 Å². The zero-order valence-electron chi connectivity index (χ0n) is 10.9. The lowest BCUT2D eigenvalue weighted by Crippen LogP contribution is -2.41. The Balaban J connectivity index is 2.20. The Morgan fingerprint density at radius 2 is 2.22 bits per heavy atom. The molecule has 0 aliphatic carbocycles. The van der Waals surface area contributed by atoms with Crippen LogP contribution in [0.3, 0.4) is 0 Å². The molecule has 1 fully saturated rings. The van der Waals surface area contributed by atoms with Crippen LogP contribution < -0.4 is 0 Å². The SMILES string of the molecule is Cc1cc(F)ccc1C(=O)N(C)C1CCOC1C. The summed E-state index contributed by atoms with van der Waals surface area (Å²) in [7, 11) is 1.78. The first kappa shape index (κ1) is 13.0. The van der Waals surface area contributed by atoms with Gasteiger partial charge in [-0.2, -0.15) is 0 Å². The molecule has 1 aromatic carbocycles. The predicted octanol–water partition coefficient (Wildman–Crippen LogP) is 2.38. The third kappa shape index (κ3) is 2.38. The maximum absolute atomic E-state index is 13.0. The Hall–Kier alpha value is -1.42. The standard InChI is InChI=1S/C14H18FNO2/c1-9-8-11(15)4-5-12(9)14(17)16(3)13-6-7-18-10(13)2/h4-5,8,10,13H,6-7H2,1-3H3. The molecule has 1 heterocycles. The van der Waals surface area contributed by atoms with Crippen molar-refractivity contribution in [3.63, 3.8) is 0 Å². The maximum atomic E-state index is 13.0. The zero-order valence-corrected chi connectivity index (χ0v) is 10.9. The van der Waals surface area contributed by atoms with Gasteiger partial charge in [0.2, 0.25) is 0 Å². The number of aryl methyl sites for hydroxylation is 1. The summed E-state index contributed by atoms with van der Waals surface area (Å²) in [5.74, 6) is -0.390. The van der Waals surface area contributed by atoms with E-state index in [1.165, 1.54) is 12.1 Å². The average molecular weight is 251 g/mol. The van der Waals surface area contributed by atoms with Gasteiger partial charge in [0, 0.05) is 19.2 Å². The van der Waals surface area contributed by atoms with Crippen LogP contribution in [-0.2, 0) is 4.74 Å². The summed E-state index contributed by atoms with van der Waals surface area (Å²) in [4.78, 5) is 14.1. The second-order valence-electron chi connectivity index (χ2n) is 4.81. The van der Waals surface area contributed by atoms with Gasteiger partial charge in [0.25, 0.3) is 5.91 Å². The molecule has 2 atom stereocenters. The number of rotatable bonds is 2. The topological polar surface area (TPSA) is 29.5 Å². The van der Waals surface area contributed by atoms with Crippen LogP contribution >= 0.6 is 0 Å². The number of benzene rings is 1. The Bertz CT molecular complexity index is 461. The summed E-state index contributed by atoms with van der Waals surface area (Å²) in [6.07, 6.45) is 0.906. The number of hydrogen-bond donors (Lipinski definition) is 0. The molecule has 1 aliphatic rings. The molecular formula is C14H18FNO2. The highest BCUT2D eigenvalue weighted by Gasteiger charge is 2.31. The van der Waals surface area contributed by atoms with Crippen molar-refractivity contribution >= 4 is 5.91 Å². The summed E-state index contributed by atoms with van der Waals surface area (Å²) in [6, 6.07) is 4.35. The second-order valence-corrected chi connectivity index (χ2v) is 4.81. The predicted molar refractivity (Wildman–Crippen MR) is 67.0 cm³/mol. The average Bonchev–Trinajstić information content (AvgIpc) is 2.74. The van der Waals surface area contributed by atoms with Gasteiger partial charge in [0.05, 0.1) is 12.1 Å². The van der Waals surface area contributed by atoms with E-state index < -0.39 is 0 Å². The number of amides is 1. The first-order chi connectivity index (χ1) is 8.50. The number of likely N-dealkylation sites (N-methyl/N-ethyl adjacent to an activating group) is 1. The molecule has 3 nitrogen and oxygen atoms in total. The van der Waals surface area contributed by atoms with Gasteiger partial charge in [-0.05, 0) is 44.0 Å². The van der Waals surface area contributed by atoms with Gasteiger partial charge in [0.15, 0.2) is 0 Å². The van der Waals surface area contributed by atoms with Gasteiger partial charge >= 0.3 is 0 Å². The Labute approximate surface area is 107 Å². The molecule has 2 unspecified atom stereocenters. The number of hydrogen-bond acceptors (Lipinski definition) is 2. The number of nitrogens with zero attached hydrogens (tertiary/aromatic N) is 1. The Morgan fingerprint density at radius 1 is 1.50 bits per heavy atom. The molecule has 2 rings (SSSR count). The van der Waals surface area contributed by atoms with Crippen molar-refractivity contribution in [1.82, 2.24) is 4.90 Å². The van der Waals surface area contributed by atoms with Gasteiger partial charge in [-0.15, -0.1) is 0 Å². The molecule has 1 aromatic rings. The molecule has 0 bridgehead atoms. The van der Waals surface area contributed by atoms with E-state index in [4.69, 9.17) is 4.74 Å². The van der Waals surface area contributed by atoms with Crippen molar-refractivity contribution in [2.45, 2.75) is 32.4 Å². The van der Waals surface area contributed by atoms with Crippen LogP contribution in [0.15, 0.2) is 18.2 Å². The van der Waals surface area contributed by atoms with Crippen LogP contribution in [-0.4, -0.2) is 36.6 Å². The molecule has 18 heavy (non-hydrogen) atoms. The lowest BCUT2D eigenvalue weighted by Gasteiger charge is -2.27. The fourth-order valence-corrected chi connectivity index (χ4v) is 2.44. The van der Waals surface area contributed by atoms with Crippen LogP contribution in [0.2, 0.25) is 0 Å². The van der Waals surface area contributed by atoms with Crippen LogP contribution in [0.1, 0.15) is 29.3 Å². The third-order valence-electron chi connectivity index (χ3n) is 3.57. The minimum absolute atomic E-state index is 0.0553. The third-order valence-corrected chi connectivity index (χ3v) is 3.57. The van der Waals surface area contributed by atoms with Gasteiger partial charge in [0.1, 0.15) is 5.82 Å². The molecule has 1 aliphatic heterocycles. The minimum atomic E-state index is -0.315. The normalized spacial score (nSPS) is 23.1. The highest BCUT2D eigenvalue weighted by atomic mass is 19.1. The molecule has 0 N–H and O–H groups in total. The number of halogens is 1. The molecular weight excluding hydrogens is 233 g/mol. The summed E-state index contributed by atoms with van der Waals surface area (Å²) >= 11 is 0. The molecule has 1 saturated heterocycles. The van der Waals surface area contributed by atoms with Gasteiger partial charge in [-0.25, -0.2) is 4.39 Å². The van der Waals surface area contributed by atoms with E-state index in [1.54, 1.807) is 24.9 Å². The van der Waals surface area contributed by atoms with Crippen molar-refractivity contribution in [2.75, 3.05) is 13.7 Å². The van der Waals surface area contributed by atoms with Gasteiger partial charge < -0.3 is 9.64 Å². The van der Waals surface area contributed by atoms with Gasteiger partial charge in [-0.3, -0.25) is 4.79 Å². The number of carbonyl (C=O) groups excluding carboxylic acids is 1. The number of carbonyl (C=O) groups is 1. The van der Waals surface area contributed by atoms with E-state index in [9.17, 15) is 9.18 Å². The summed E-state index contributed by atoms with van der Waals surface area (Å²) in [5, 5.41) is 0. The molecule has 0 spiro atoms. The largest absolute Gasteiger partial charge is 0.376 e. The van der Waals surface area contributed by atoms with Crippen LogP contribution in [0.4, 0.5) is 4.39 Å². The Kier molecular flexibility index (Phi) is 3.66. The van der Waals surface area contributed by atoms with E-state index in [2.05, 4.69) is 0 Å². The summed E-state index contributed by atoms with van der Waals surface area (Å²) in [6.45, 7) is 4.41.